The van der Waals surface area contributed by atoms with Gasteiger partial charge in [-0.05, 0) is 57.0 Å². The molecule has 0 aliphatic rings. The van der Waals surface area contributed by atoms with Gasteiger partial charge in [0.1, 0.15) is 0 Å². The minimum absolute atomic E-state index is 0.0829. The van der Waals surface area contributed by atoms with Gasteiger partial charge >= 0.3 is 0 Å². The molecule has 0 spiro atoms. The zero-order chi connectivity index (χ0) is 15.6. The molecule has 1 heterocycles. The molecule has 0 radical (unpaired) electrons. The summed E-state index contributed by atoms with van der Waals surface area (Å²) in [6.07, 6.45) is 0. The number of hydrogen-bond donors (Lipinski definition) is 1. The van der Waals surface area contributed by atoms with Crippen LogP contribution in [0.5, 0.6) is 0 Å². The number of nitrogens with zero attached hydrogens (tertiary/aromatic N) is 2. The van der Waals surface area contributed by atoms with Crippen LogP contribution in [0, 0.1) is 30.9 Å². The number of nitrogens with one attached hydrogen (secondary N) is 1. The van der Waals surface area contributed by atoms with E-state index < -0.39 is 4.92 Å². The molecule has 1 unspecified atom stereocenters. The summed E-state index contributed by atoms with van der Waals surface area (Å²) >= 11 is 0. The van der Waals surface area contributed by atoms with Crippen LogP contribution in [-0.2, 0) is 0 Å². The summed E-state index contributed by atoms with van der Waals surface area (Å²) in [6.45, 7) is 8.13. The molecule has 0 aliphatic heterocycles. The van der Waals surface area contributed by atoms with Gasteiger partial charge in [0.2, 0.25) is 0 Å². The number of aryl methyl sites for hydroxylation is 3. The Morgan fingerprint density at radius 1 is 1.19 bits per heavy atom. The Hall–Kier alpha value is -2.43. The topological polar surface area (TPSA) is 68.1 Å². The van der Waals surface area contributed by atoms with Crippen molar-refractivity contribution in [3.8, 4) is 0 Å². The average molecular weight is 285 g/mol. The minimum atomic E-state index is -0.397. The Kier molecular flexibility index (Phi) is 4.21. The Labute approximate surface area is 124 Å². The summed E-state index contributed by atoms with van der Waals surface area (Å²) in [5.74, 6) is 0. The van der Waals surface area contributed by atoms with E-state index in [2.05, 4.69) is 30.2 Å². The highest BCUT2D eigenvalue weighted by atomic mass is 16.6. The number of nitro groups is 1. The zero-order valence-corrected chi connectivity index (χ0v) is 12.7. The number of non-ortho nitro benzene ring substituents is 1. The van der Waals surface area contributed by atoms with E-state index in [9.17, 15) is 10.1 Å². The predicted octanol–water partition coefficient (Wildman–Crippen LogP) is 4.09. The van der Waals surface area contributed by atoms with Gasteiger partial charge in [0.05, 0.1) is 11.0 Å². The fourth-order valence-corrected chi connectivity index (χ4v) is 2.69. The molecule has 5 nitrogen and oxygen atoms in total. The smallest absolute Gasteiger partial charge is 0.269 e. The second-order valence-electron chi connectivity index (χ2n) is 5.25. The van der Waals surface area contributed by atoms with Gasteiger partial charge in [0.25, 0.3) is 5.69 Å². The molecule has 110 valence electrons. The first-order valence-corrected chi connectivity index (χ1v) is 6.84. The van der Waals surface area contributed by atoms with Crippen molar-refractivity contribution in [2.24, 2.45) is 0 Å². The standard InChI is InChI=1S/C16H19N3O2/c1-10-9-11(2)17-12(3)16(10)13(4)18-14-5-7-15(8-6-14)19(20)21/h5-9,13,18H,1-4H3. The van der Waals surface area contributed by atoms with Crippen molar-refractivity contribution in [1.29, 1.82) is 0 Å². The monoisotopic (exact) mass is 285 g/mol. The first kappa shape index (κ1) is 15.0. The highest BCUT2D eigenvalue weighted by molar-refractivity contribution is 5.51. The molecule has 0 fully saturated rings. The predicted molar refractivity (Wildman–Crippen MR) is 83.6 cm³/mol. The van der Waals surface area contributed by atoms with E-state index in [0.717, 1.165) is 17.1 Å². The van der Waals surface area contributed by atoms with E-state index in [0.29, 0.717) is 0 Å². The maximum Gasteiger partial charge on any atom is 0.269 e. The molecule has 21 heavy (non-hydrogen) atoms. The number of anilines is 1. The Bertz CT molecular complexity index is 643. The number of rotatable bonds is 4. The van der Waals surface area contributed by atoms with Gasteiger partial charge in [-0.2, -0.15) is 0 Å². The van der Waals surface area contributed by atoms with Gasteiger partial charge in [-0.25, -0.2) is 0 Å². The summed E-state index contributed by atoms with van der Waals surface area (Å²) in [5, 5.41) is 14.0. The largest absolute Gasteiger partial charge is 0.378 e. The maximum absolute atomic E-state index is 10.7. The molecule has 5 heteroatoms. The molecular formula is C16H19N3O2. The third-order valence-electron chi connectivity index (χ3n) is 3.48. The van der Waals surface area contributed by atoms with Crippen molar-refractivity contribution in [2.75, 3.05) is 5.32 Å². The van der Waals surface area contributed by atoms with Crippen molar-refractivity contribution in [1.82, 2.24) is 4.98 Å². The minimum Gasteiger partial charge on any atom is -0.378 e. The summed E-state index contributed by atoms with van der Waals surface area (Å²) in [4.78, 5) is 14.8. The Balaban J connectivity index is 2.22. The highest BCUT2D eigenvalue weighted by Crippen LogP contribution is 2.25. The number of nitro benzene ring substituents is 1. The number of pyridine rings is 1. The molecule has 1 aromatic heterocycles. The van der Waals surface area contributed by atoms with Gasteiger partial charge in [-0.15, -0.1) is 0 Å². The molecule has 1 atom stereocenters. The molecule has 0 saturated heterocycles. The van der Waals surface area contributed by atoms with E-state index in [1.165, 1.54) is 23.3 Å². The highest BCUT2D eigenvalue weighted by Gasteiger charge is 2.13. The third-order valence-corrected chi connectivity index (χ3v) is 3.48. The lowest BCUT2D eigenvalue weighted by molar-refractivity contribution is -0.384. The molecule has 0 saturated carbocycles. The van der Waals surface area contributed by atoms with E-state index in [-0.39, 0.29) is 11.7 Å². The lowest BCUT2D eigenvalue weighted by Gasteiger charge is -2.20. The number of aromatic nitrogens is 1. The van der Waals surface area contributed by atoms with Crippen molar-refractivity contribution < 1.29 is 4.92 Å². The summed E-state index contributed by atoms with van der Waals surface area (Å²) in [6, 6.07) is 8.60. The molecular weight excluding hydrogens is 266 g/mol. The molecule has 0 aliphatic carbocycles. The van der Waals surface area contributed by atoms with Crippen molar-refractivity contribution in [2.45, 2.75) is 33.7 Å². The molecule has 2 rings (SSSR count). The SMILES string of the molecule is Cc1cc(C)c(C(C)Nc2ccc([N+](=O)[O-])cc2)c(C)n1. The quantitative estimate of drug-likeness (QED) is 0.678. The summed E-state index contributed by atoms with van der Waals surface area (Å²) < 4.78 is 0. The second kappa shape index (κ2) is 5.91. The van der Waals surface area contributed by atoms with Crippen LogP contribution in [-0.4, -0.2) is 9.91 Å². The van der Waals surface area contributed by atoms with Gasteiger partial charge in [-0.3, -0.25) is 15.1 Å². The fraction of sp³-hybridized carbons (Fsp3) is 0.312. The lowest BCUT2D eigenvalue weighted by Crippen LogP contribution is -2.11. The molecule has 1 aromatic carbocycles. The lowest BCUT2D eigenvalue weighted by atomic mass is 10.00. The molecule has 0 bridgehead atoms. The maximum atomic E-state index is 10.7. The van der Waals surface area contributed by atoms with Crippen LogP contribution >= 0.6 is 0 Å². The van der Waals surface area contributed by atoms with Crippen LogP contribution in [0.1, 0.15) is 35.5 Å². The summed E-state index contributed by atoms with van der Waals surface area (Å²) in [5.41, 5.74) is 5.33. The van der Waals surface area contributed by atoms with Crippen molar-refractivity contribution >= 4 is 11.4 Å². The van der Waals surface area contributed by atoms with E-state index in [1.54, 1.807) is 12.1 Å². The Morgan fingerprint density at radius 3 is 2.33 bits per heavy atom. The normalized spacial score (nSPS) is 12.0. The third kappa shape index (κ3) is 3.37. The first-order valence-electron chi connectivity index (χ1n) is 6.84. The van der Waals surface area contributed by atoms with Gasteiger partial charge in [-0.1, -0.05) is 0 Å². The fourth-order valence-electron chi connectivity index (χ4n) is 2.69. The van der Waals surface area contributed by atoms with Gasteiger partial charge in [0.15, 0.2) is 0 Å². The number of benzene rings is 1. The zero-order valence-electron chi connectivity index (χ0n) is 12.7. The molecule has 1 N–H and O–H groups in total. The van der Waals surface area contributed by atoms with Gasteiger partial charge in [0, 0.05) is 29.2 Å². The van der Waals surface area contributed by atoms with Crippen LogP contribution in [0.4, 0.5) is 11.4 Å². The van der Waals surface area contributed by atoms with E-state index in [1.807, 2.05) is 13.8 Å². The van der Waals surface area contributed by atoms with E-state index in [4.69, 9.17) is 0 Å². The van der Waals surface area contributed by atoms with E-state index >= 15 is 0 Å². The van der Waals surface area contributed by atoms with Crippen LogP contribution in [0.25, 0.3) is 0 Å². The average Bonchev–Trinajstić information content (AvgIpc) is 2.37. The molecule has 0 amide bonds. The van der Waals surface area contributed by atoms with Crippen LogP contribution in [0.2, 0.25) is 0 Å². The number of hydrogen-bond acceptors (Lipinski definition) is 4. The van der Waals surface area contributed by atoms with Gasteiger partial charge < -0.3 is 5.32 Å². The molecule has 2 aromatic rings. The Morgan fingerprint density at radius 2 is 1.81 bits per heavy atom. The van der Waals surface area contributed by atoms with Crippen LogP contribution in [0.15, 0.2) is 30.3 Å². The second-order valence-corrected chi connectivity index (χ2v) is 5.25. The van der Waals surface area contributed by atoms with Crippen LogP contribution in [0.3, 0.4) is 0 Å². The summed E-state index contributed by atoms with van der Waals surface area (Å²) in [7, 11) is 0. The first-order chi connectivity index (χ1) is 9.88. The van der Waals surface area contributed by atoms with Crippen molar-refractivity contribution in [3.05, 3.63) is 63.0 Å². The van der Waals surface area contributed by atoms with Crippen LogP contribution < -0.4 is 5.32 Å². The van der Waals surface area contributed by atoms with Crippen molar-refractivity contribution in [3.63, 3.8) is 0 Å².